The Hall–Kier alpha value is -2.90. The number of amides is 1. The molecule has 1 rings (SSSR count). The van der Waals surface area contributed by atoms with Gasteiger partial charge in [0.15, 0.2) is 0 Å². The van der Waals surface area contributed by atoms with Crippen LogP contribution in [0.15, 0.2) is 18.2 Å². The van der Waals surface area contributed by atoms with Crippen molar-refractivity contribution in [1.29, 1.82) is 0 Å². The van der Waals surface area contributed by atoms with Crippen LogP contribution in [0.3, 0.4) is 0 Å². The Kier molecular flexibility index (Phi) is 8.83. The number of carbonyl (C=O) groups is 4. The highest BCUT2D eigenvalue weighted by molar-refractivity contribution is 5.99. The predicted octanol–water partition coefficient (Wildman–Crippen LogP) is 2.32. The average molecular weight is 365 g/mol. The topological polar surface area (TPSA) is 108 Å². The number of hydrogen-bond acceptors (Lipinski definition) is 7. The molecule has 0 saturated heterocycles. The van der Waals surface area contributed by atoms with Crippen LogP contribution < -0.4 is 5.32 Å². The van der Waals surface area contributed by atoms with Gasteiger partial charge in [-0.05, 0) is 39.0 Å². The van der Waals surface area contributed by atoms with Crippen molar-refractivity contribution in [2.75, 3.05) is 25.1 Å². The third kappa shape index (κ3) is 6.92. The largest absolute Gasteiger partial charge is 0.466 e. The lowest BCUT2D eigenvalue weighted by Crippen LogP contribution is -2.16. The molecular weight excluding hydrogens is 342 g/mol. The minimum absolute atomic E-state index is 0.0675. The number of ether oxygens (including phenoxy) is 3. The van der Waals surface area contributed by atoms with Gasteiger partial charge in [-0.1, -0.05) is 0 Å². The highest BCUT2D eigenvalue weighted by Gasteiger charge is 2.16. The molecule has 0 aliphatic rings. The fraction of sp³-hybridized carbons (Fsp3) is 0.444. The monoisotopic (exact) mass is 365 g/mol. The molecule has 142 valence electrons. The zero-order valence-electron chi connectivity index (χ0n) is 15.1. The van der Waals surface area contributed by atoms with Gasteiger partial charge in [0.1, 0.15) is 0 Å². The Bertz CT molecular complexity index is 633. The molecule has 0 aromatic heterocycles. The van der Waals surface area contributed by atoms with Gasteiger partial charge in [-0.15, -0.1) is 0 Å². The van der Waals surface area contributed by atoms with Crippen LogP contribution in [-0.2, 0) is 23.8 Å². The molecule has 0 fully saturated rings. The molecule has 1 N–H and O–H groups in total. The molecule has 0 aliphatic carbocycles. The van der Waals surface area contributed by atoms with Crippen molar-refractivity contribution in [3.8, 4) is 0 Å². The summed E-state index contributed by atoms with van der Waals surface area (Å²) in [6.07, 6.45) is -0.154. The van der Waals surface area contributed by atoms with E-state index in [1.54, 1.807) is 20.8 Å². The van der Waals surface area contributed by atoms with Crippen molar-refractivity contribution in [3.63, 3.8) is 0 Å². The Balaban J connectivity index is 2.94. The van der Waals surface area contributed by atoms with Gasteiger partial charge in [-0.3, -0.25) is 9.59 Å². The van der Waals surface area contributed by atoms with Gasteiger partial charge in [0.2, 0.25) is 5.91 Å². The number of carbonyl (C=O) groups excluding carboxylic acids is 4. The summed E-state index contributed by atoms with van der Waals surface area (Å²) in [4.78, 5) is 47.2. The van der Waals surface area contributed by atoms with E-state index in [0.717, 1.165) is 0 Å². The lowest BCUT2D eigenvalue weighted by molar-refractivity contribution is -0.144. The molecule has 0 aliphatic heterocycles. The van der Waals surface area contributed by atoms with E-state index >= 15 is 0 Å². The number of nitrogens with one attached hydrogen (secondary N) is 1. The van der Waals surface area contributed by atoms with E-state index < -0.39 is 23.8 Å². The fourth-order valence-electron chi connectivity index (χ4n) is 2.04. The van der Waals surface area contributed by atoms with E-state index in [9.17, 15) is 19.2 Å². The summed E-state index contributed by atoms with van der Waals surface area (Å²) in [5, 5.41) is 2.55. The summed E-state index contributed by atoms with van der Waals surface area (Å²) in [6.45, 7) is 5.57. The minimum Gasteiger partial charge on any atom is -0.466 e. The number of rotatable bonds is 9. The van der Waals surface area contributed by atoms with Crippen molar-refractivity contribution < 1.29 is 33.4 Å². The van der Waals surface area contributed by atoms with Crippen LogP contribution in [0.5, 0.6) is 0 Å². The van der Waals surface area contributed by atoms with Crippen LogP contribution in [0.4, 0.5) is 5.69 Å². The fourth-order valence-corrected chi connectivity index (χ4v) is 2.04. The Morgan fingerprint density at radius 3 is 1.73 bits per heavy atom. The van der Waals surface area contributed by atoms with Crippen molar-refractivity contribution in [2.24, 2.45) is 0 Å². The zero-order valence-corrected chi connectivity index (χ0v) is 15.1. The maximum atomic E-state index is 12.0. The van der Waals surface area contributed by atoms with E-state index in [0.29, 0.717) is 0 Å². The second-order valence-corrected chi connectivity index (χ2v) is 5.09. The molecule has 8 heteroatoms. The lowest BCUT2D eigenvalue weighted by Gasteiger charge is -2.10. The highest BCUT2D eigenvalue weighted by atomic mass is 16.5. The second-order valence-electron chi connectivity index (χ2n) is 5.09. The van der Waals surface area contributed by atoms with Crippen LogP contribution in [0.25, 0.3) is 0 Å². The van der Waals surface area contributed by atoms with Crippen LogP contribution in [-0.4, -0.2) is 43.6 Å². The van der Waals surface area contributed by atoms with Crippen molar-refractivity contribution in [2.45, 2.75) is 33.6 Å². The molecule has 0 spiro atoms. The predicted molar refractivity (Wildman–Crippen MR) is 92.9 cm³/mol. The molecule has 0 radical (unpaired) electrons. The standard InChI is InChI=1S/C18H23NO7/c1-4-24-16(21)8-7-15(20)19-14-10-12(17(22)25-5-2)9-13(11-14)18(23)26-6-3/h9-11H,4-8H2,1-3H3,(H,19,20). The molecule has 1 aromatic rings. The summed E-state index contributed by atoms with van der Waals surface area (Å²) in [6, 6.07) is 4.12. The molecule has 0 saturated carbocycles. The van der Waals surface area contributed by atoms with Crippen molar-refractivity contribution in [1.82, 2.24) is 0 Å². The Morgan fingerprint density at radius 1 is 0.769 bits per heavy atom. The minimum atomic E-state index is -0.624. The first-order chi connectivity index (χ1) is 12.4. The van der Waals surface area contributed by atoms with Crippen LogP contribution in [0, 0.1) is 0 Å². The summed E-state index contributed by atoms with van der Waals surface area (Å²) in [5.74, 6) is -2.18. The van der Waals surface area contributed by atoms with E-state index in [-0.39, 0.29) is 49.5 Å². The Morgan fingerprint density at radius 2 is 1.27 bits per heavy atom. The summed E-state index contributed by atoms with van der Waals surface area (Å²) in [7, 11) is 0. The molecule has 8 nitrogen and oxygen atoms in total. The molecule has 0 heterocycles. The van der Waals surface area contributed by atoms with Gasteiger partial charge >= 0.3 is 17.9 Å². The summed E-state index contributed by atoms with van der Waals surface area (Å²) >= 11 is 0. The first-order valence-electron chi connectivity index (χ1n) is 8.36. The first kappa shape index (κ1) is 21.1. The van der Waals surface area contributed by atoms with E-state index in [1.807, 2.05) is 0 Å². The van der Waals surface area contributed by atoms with Crippen molar-refractivity contribution in [3.05, 3.63) is 29.3 Å². The second kappa shape index (κ2) is 10.9. The normalized spacial score (nSPS) is 9.96. The first-order valence-corrected chi connectivity index (χ1v) is 8.36. The lowest BCUT2D eigenvalue weighted by atomic mass is 10.1. The molecule has 0 atom stereocenters. The maximum Gasteiger partial charge on any atom is 0.338 e. The number of hydrogen-bond donors (Lipinski definition) is 1. The smallest absolute Gasteiger partial charge is 0.338 e. The molecule has 0 bridgehead atoms. The number of benzene rings is 1. The van der Waals surface area contributed by atoms with Gasteiger partial charge in [0, 0.05) is 12.1 Å². The van der Waals surface area contributed by atoms with Gasteiger partial charge in [-0.2, -0.15) is 0 Å². The third-order valence-corrected chi connectivity index (χ3v) is 3.10. The van der Waals surface area contributed by atoms with E-state index in [4.69, 9.17) is 14.2 Å². The zero-order chi connectivity index (χ0) is 19.5. The van der Waals surface area contributed by atoms with Crippen LogP contribution >= 0.6 is 0 Å². The number of esters is 3. The SMILES string of the molecule is CCOC(=O)CCC(=O)Nc1cc(C(=O)OCC)cc(C(=O)OCC)c1. The van der Waals surface area contributed by atoms with Gasteiger partial charge in [0.05, 0.1) is 37.4 Å². The van der Waals surface area contributed by atoms with Gasteiger partial charge < -0.3 is 19.5 Å². The molecule has 1 amide bonds. The highest BCUT2D eigenvalue weighted by Crippen LogP contribution is 2.18. The van der Waals surface area contributed by atoms with Crippen LogP contribution in [0.1, 0.15) is 54.3 Å². The summed E-state index contributed by atoms with van der Waals surface area (Å²) < 4.78 is 14.6. The van der Waals surface area contributed by atoms with E-state index in [1.165, 1.54) is 18.2 Å². The quantitative estimate of drug-likeness (QED) is 0.528. The van der Waals surface area contributed by atoms with Gasteiger partial charge in [-0.25, -0.2) is 9.59 Å². The number of anilines is 1. The molecule has 26 heavy (non-hydrogen) atoms. The third-order valence-electron chi connectivity index (χ3n) is 3.10. The van der Waals surface area contributed by atoms with E-state index in [2.05, 4.69) is 5.32 Å². The molecule has 0 unspecified atom stereocenters. The molecule has 1 aromatic carbocycles. The summed E-state index contributed by atoms with van der Waals surface area (Å²) in [5.41, 5.74) is 0.448. The van der Waals surface area contributed by atoms with Gasteiger partial charge in [0.25, 0.3) is 0 Å². The van der Waals surface area contributed by atoms with Crippen LogP contribution in [0.2, 0.25) is 0 Å². The van der Waals surface area contributed by atoms with Crippen molar-refractivity contribution >= 4 is 29.5 Å². The average Bonchev–Trinajstić information content (AvgIpc) is 2.60. The molecular formula is C18H23NO7. The Labute approximate surface area is 151 Å². The maximum absolute atomic E-state index is 12.0.